The molecule has 0 spiro atoms. The Bertz CT molecular complexity index is 2430. The lowest BCUT2D eigenvalue weighted by Gasteiger charge is -2.32. The number of Topliss-reactive ketones (excluding diaryl/α,β-unsaturated/α-hetero) is 3. The molecule has 7 N–H and O–H groups in total. The van der Waals surface area contributed by atoms with Crippen molar-refractivity contribution in [3.8, 4) is 45.8 Å². The predicted octanol–water partition coefficient (Wildman–Crippen LogP) is 5.92. The van der Waals surface area contributed by atoms with Crippen LogP contribution in [0.4, 0.5) is 0 Å². The lowest BCUT2D eigenvalue weighted by molar-refractivity contribution is -0.142. The lowest BCUT2D eigenvalue weighted by Crippen LogP contribution is -2.46. The third-order valence-electron chi connectivity index (χ3n) is 12.0. The molecule has 362 valence electrons. The number of amides is 2. The number of rotatable bonds is 22. The molecule has 0 aliphatic carbocycles. The molecule has 68 heavy (non-hydrogen) atoms. The second-order valence-electron chi connectivity index (χ2n) is 17.2. The van der Waals surface area contributed by atoms with Gasteiger partial charge in [-0.2, -0.15) is 5.26 Å². The largest absolute Gasteiger partial charge is 0.494 e. The molecular formula is C52H66N8O8. The fourth-order valence-electron chi connectivity index (χ4n) is 8.46. The number of likely N-dealkylation sites (N-methyl/N-ethyl adjacent to an activating group) is 1. The number of benzene rings is 3. The van der Waals surface area contributed by atoms with Crippen LogP contribution < -0.4 is 36.7 Å². The van der Waals surface area contributed by atoms with E-state index in [1.165, 1.54) is 11.9 Å². The number of nitrogens with zero attached hydrogens (tertiary/aromatic N) is 4. The van der Waals surface area contributed by atoms with Gasteiger partial charge in [-0.15, -0.1) is 0 Å². The first-order valence-electron chi connectivity index (χ1n) is 23.5. The first kappa shape index (κ1) is 52.4. The molecule has 4 atom stereocenters. The van der Waals surface area contributed by atoms with Gasteiger partial charge in [-0.05, 0) is 99.3 Å². The van der Waals surface area contributed by atoms with Crippen LogP contribution in [0.2, 0.25) is 0 Å². The van der Waals surface area contributed by atoms with Crippen molar-refractivity contribution in [2.45, 2.75) is 97.6 Å². The molecule has 4 bridgehead atoms. The zero-order valence-corrected chi connectivity index (χ0v) is 40.0. The first-order chi connectivity index (χ1) is 32.7. The van der Waals surface area contributed by atoms with Crippen LogP contribution in [0.1, 0.15) is 104 Å². The second kappa shape index (κ2) is 25.6. The van der Waals surface area contributed by atoms with Crippen LogP contribution in [-0.4, -0.2) is 96.6 Å². The van der Waals surface area contributed by atoms with Crippen LogP contribution in [-0.2, 0) is 25.6 Å². The molecule has 0 saturated heterocycles. The zero-order chi connectivity index (χ0) is 49.3. The van der Waals surface area contributed by atoms with E-state index in [1.54, 1.807) is 51.1 Å². The van der Waals surface area contributed by atoms with Gasteiger partial charge in [0.2, 0.25) is 11.8 Å². The third-order valence-corrected chi connectivity index (χ3v) is 12.0. The third kappa shape index (κ3) is 13.6. The SMILES string of the molecule is CCCCCOc1ccc(-c2nc(C)c(C(=O)C[C@@H](CCN)C(=O)N(C)[C@@H]3C(=O)C[C@@H](C)C(=O)N[C@H](C(=O)CCC#N)Cc4ccc(OCCN)c(c4)-c4cc3ccc4OCCN)c(C)n2)cc1. The Labute approximate surface area is 399 Å². The Balaban J connectivity index is 1.53. The number of ether oxygens (including phenoxy) is 3. The molecule has 1 aliphatic rings. The van der Waals surface area contributed by atoms with E-state index >= 15 is 0 Å². The normalized spacial score (nSPS) is 16.4. The molecule has 1 aliphatic heterocycles. The number of aromatic nitrogens is 2. The number of hydrogen-bond acceptors (Lipinski definition) is 14. The van der Waals surface area contributed by atoms with Crippen molar-refractivity contribution in [2.24, 2.45) is 29.0 Å². The number of carbonyl (C=O) groups is 5. The Kier molecular flexibility index (Phi) is 19.7. The molecule has 16 nitrogen and oxygen atoms in total. The quantitative estimate of drug-likeness (QED) is 0.0528. The number of fused-ring (bicyclic) bond motifs is 5. The molecule has 0 unspecified atom stereocenters. The lowest BCUT2D eigenvalue weighted by atomic mass is 9.88. The summed E-state index contributed by atoms with van der Waals surface area (Å²) in [5.74, 6) is -2.02. The molecule has 0 radical (unpaired) electrons. The van der Waals surface area contributed by atoms with Gasteiger partial charge in [-0.25, -0.2) is 9.97 Å². The minimum atomic E-state index is -1.25. The molecule has 3 aromatic carbocycles. The van der Waals surface area contributed by atoms with E-state index in [9.17, 15) is 29.2 Å². The van der Waals surface area contributed by atoms with Crippen molar-refractivity contribution in [3.05, 3.63) is 88.7 Å². The number of nitrogens with one attached hydrogen (secondary N) is 1. The molecule has 2 heterocycles. The maximum atomic E-state index is 14.8. The number of ketones is 3. The molecule has 16 heteroatoms. The van der Waals surface area contributed by atoms with Gasteiger partial charge in [-0.3, -0.25) is 24.0 Å². The van der Waals surface area contributed by atoms with Gasteiger partial charge in [-0.1, -0.05) is 38.8 Å². The summed E-state index contributed by atoms with van der Waals surface area (Å²) in [7, 11) is 1.50. The number of aryl methyl sites for hydroxylation is 2. The average Bonchev–Trinajstić information content (AvgIpc) is 3.32. The van der Waals surface area contributed by atoms with Crippen LogP contribution in [0.3, 0.4) is 0 Å². The van der Waals surface area contributed by atoms with E-state index in [0.29, 0.717) is 63.1 Å². The van der Waals surface area contributed by atoms with Crippen molar-refractivity contribution >= 4 is 29.2 Å². The van der Waals surface area contributed by atoms with Gasteiger partial charge in [0.15, 0.2) is 23.2 Å². The zero-order valence-electron chi connectivity index (χ0n) is 40.0. The number of carbonyl (C=O) groups excluding carboxylic acids is 5. The summed E-state index contributed by atoms with van der Waals surface area (Å²) in [6, 6.07) is 17.7. The molecule has 4 aromatic rings. The first-order valence-corrected chi connectivity index (χ1v) is 23.5. The van der Waals surface area contributed by atoms with Crippen LogP contribution in [0.5, 0.6) is 17.2 Å². The van der Waals surface area contributed by atoms with Gasteiger partial charge in [0.25, 0.3) is 0 Å². The van der Waals surface area contributed by atoms with Gasteiger partial charge >= 0.3 is 0 Å². The Morgan fingerprint density at radius 3 is 2.12 bits per heavy atom. The smallest absolute Gasteiger partial charge is 0.226 e. The fraction of sp³-hybridized carbons (Fsp3) is 0.462. The standard InChI is InChI=1S/C52H66N8O8/c1-6-7-8-24-66-39-15-12-36(13-16-39)50-57-33(3)48(34(4)58-50)44(62)31-38(19-21-54)52(65)60(5)49-37-14-18-47(68-26-23-56)41(30-37)40-28-35(11-17-46(40)67-25-22-55)29-42(43(61)10-9-20-53)59-51(64)32(2)27-45(49)63/h11-18,28,30,32,38,42,49H,6-10,19,21-27,29,31,54-56H2,1-5H3,(H,59,64)/t32-,38-,42+,49+/m1/s1. The molecule has 2 amide bonds. The topological polar surface area (TPSA) is 256 Å². The number of hydrogen-bond donors (Lipinski definition) is 4. The molecular weight excluding hydrogens is 865 g/mol. The van der Waals surface area contributed by atoms with Crippen LogP contribution in [0, 0.1) is 37.0 Å². The van der Waals surface area contributed by atoms with E-state index < -0.39 is 41.5 Å². The summed E-state index contributed by atoms with van der Waals surface area (Å²) in [4.78, 5) is 81.9. The van der Waals surface area contributed by atoms with Gasteiger partial charge < -0.3 is 41.6 Å². The highest BCUT2D eigenvalue weighted by molar-refractivity contribution is 6.01. The Hall–Kier alpha value is -6.54. The minimum Gasteiger partial charge on any atom is -0.494 e. The number of nitriles is 1. The van der Waals surface area contributed by atoms with Gasteiger partial charge in [0.1, 0.15) is 36.5 Å². The van der Waals surface area contributed by atoms with E-state index in [1.807, 2.05) is 36.4 Å². The minimum absolute atomic E-state index is 0.0339. The summed E-state index contributed by atoms with van der Waals surface area (Å²) in [5.41, 5.74) is 21.9. The van der Waals surface area contributed by atoms with Crippen molar-refractivity contribution in [3.63, 3.8) is 0 Å². The summed E-state index contributed by atoms with van der Waals surface area (Å²) >= 11 is 0. The van der Waals surface area contributed by atoms with Crippen molar-refractivity contribution in [1.82, 2.24) is 20.2 Å². The molecule has 1 aromatic heterocycles. The Morgan fingerprint density at radius 1 is 0.853 bits per heavy atom. The van der Waals surface area contributed by atoms with Crippen LogP contribution in [0.15, 0.2) is 60.7 Å². The highest BCUT2D eigenvalue weighted by atomic mass is 16.5. The van der Waals surface area contributed by atoms with E-state index in [4.69, 9.17) is 41.4 Å². The molecule has 0 saturated carbocycles. The second-order valence-corrected chi connectivity index (χ2v) is 17.2. The monoisotopic (exact) mass is 931 g/mol. The maximum Gasteiger partial charge on any atom is 0.226 e. The highest BCUT2D eigenvalue weighted by Crippen LogP contribution is 2.41. The van der Waals surface area contributed by atoms with Crippen molar-refractivity contribution < 1.29 is 38.2 Å². The predicted molar refractivity (Wildman–Crippen MR) is 259 cm³/mol. The highest BCUT2D eigenvalue weighted by Gasteiger charge is 2.36. The van der Waals surface area contributed by atoms with E-state index in [2.05, 4.69) is 12.2 Å². The Morgan fingerprint density at radius 2 is 1.50 bits per heavy atom. The van der Waals surface area contributed by atoms with Gasteiger partial charge in [0.05, 0.1) is 35.7 Å². The fourth-order valence-corrected chi connectivity index (χ4v) is 8.46. The van der Waals surface area contributed by atoms with E-state index in [-0.39, 0.29) is 82.9 Å². The maximum absolute atomic E-state index is 14.8. The van der Waals surface area contributed by atoms with Crippen LogP contribution in [0.25, 0.3) is 22.5 Å². The van der Waals surface area contributed by atoms with Crippen molar-refractivity contribution in [2.75, 3.05) is 46.5 Å². The van der Waals surface area contributed by atoms with Crippen molar-refractivity contribution in [1.29, 1.82) is 5.26 Å². The summed E-state index contributed by atoms with van der Waals surface area (Å²) in [6.07, 6.45) is 2.75. The van der Waals surface area contributed by atoms with E-state index in [0.717, 1.165) is 30.6 Å². The summed E-state index contributed by atoms with van der Waals surface area (Å²) in [5, 5.41) is 12.1. The summed E-state index contributed by atoms with van der Waals surface area (Å²) in [6.45, 7) is 8.66. The molecule has 0 fully saturated rings. The average molecular weight is 931 g/mol. The number of unbranched alkanes of at least 4 members (excludes halogenated alkanes) is 2. The van der Waals surface area contributed by atoms with Gasteiger partial charge in [0, 0.05) is 74.3 Å². The molecule has 5 rings (SSSR count). The number of nitrogens with two attached hydrogens (primary N) is 3. The summed E-state index contributed by atoms with van der Waals surface area (Å²) < 4.78 is 18.1. The van der Waals surface area contributed by atoms with Crippen LogP contribution >= 0.6 is 0 Å².